The van der Waals surface area contributed by atoms with Gasteiger partial charge in [0.25, 0.3) is 5.91 Å². The van der Waals surface area contributed by atoms with Crippen LogP contribution in [0.2, 0.25) is 0 Å². The van der Waals surface area contributed by atoms with Crippen molar-refractivity contribution in [3.05, 3.63) is 54.1 Å². The molecule has 176 valence electrons. The minimum Gasteiger partial charge on any atom is -0.384 e. The summed E-state index contributed by atoms with van der Waals surface area (Å²) in [6.07, 6.45) is 3.74. The summed E-state index contributed by atoms with van der Waals surface area (Å²) >= 11 is 0. The topological polar surface area (TPSA) is 92.3 Å². The number of anilines is 2. The molecule has 5 rings (SSSR count). The maximum atomic E-state index is 13.3. The molecule has 3 heterocycles. The van der Waals surface area contributed by atoms with Gasteiger partial charge >= 0.3 is 0 Å². The van der Waals surface area contributed by atoms with Crippen LogP contribution in [0.25, 0.3) is 27.9 Å². The number of benzene rings is 2. The predicted molar refractivity (Wildman–Crippen MR) is 138 cm³/mol. The predicted octanol–water partition coefficient (Wildman–Crippen LogP) is 3.44. The number of aromatic nitrogens is 3. The van der Waals surface area contributed by atoms with Crippen LogP contribution >= 0.6 is 0 Å². The number of piperidine rings is 1. The molecule has 4 aromatic rings. The number of hydrogen-bond acceptors (Lipinski definition) is 6. The van der Waals surface area contributed by atoms with Gasteiger partial charge < -0.3 is 20.9 Å². The van der Waals surface area contributed by atoms with Crippen LogP contribution in [0, 0.1) is 0 Å². The van der Waals surface area contributed by atoms with Crippen LogP contribution in [0.5, 0.6) is 0 Å². The fourth-order valence-electron chi connectivity index (χ4n) is 4.65. The third-order valence-electron chi connectivity index (χ3n) is 6.51. The van der Waals surface area contributed by atoms with E-state index >= 15 is 0 Å². The summed E-state index contributed by atoms with van der Waals surface area (Å²) in [5.74, 6) is 0.131. The zero-order chi connectivity index (χ0) is 23.7. The van der Waals surface area contributed by atoms with Gasteiger partial charge in [-0.3, -0.25) is 9.36 Å². The normalized spacial score (nSPS) is 14.5. The molecule has 0 bridgehead atoms. The molecule has 1 aliphatic heterocycles. The number of nitrogens with one attached hydrogen (secondary N) is 1. The van der Waals surface area contributed by atoms with Crippen molar-refractivity contribution in [3.8, 4) is 5.69 Å². The number of nitrogens with zero attached hydrogens (tertiary/aromatic N) is 5. The summed E-state index contributed by atoms with van der Waals surface area (Å²) in [7, 11) is 4.00. The smallest absolute Gasteiger partial charge is 0.257 e. The van der Waals surface area contributed by atoms with Gasteiger partial charge in [-0.1, -0.05) is 18.6 Å². The van der Waals surface area contributed by atoms with Crippen LogP contribution in [-0.2, 0) is 0 Å². The van der Waals surface area contributed by atoms with E-state index in [0.29, 0.717) is 29.1 Å². The highest BCUT2D eigenvalue weighted by Gasteiger charge is 2.25. The quantitative estimate of drug-likeness (QED) is 0.461. The SMILES string of the molecule is CN(C)c1ccc(-n2c(N)c(C(=O)NCCN3CCCCC3)c3nc4ccccc4nc32)cc1. The van der Waals surface area contributed by atoms with Crippen molar-refractivity contribution in [1.82, 2.24) is 24.8 Å². The van der Waals surface area contributed by atoms with E-state index in [-0.39, 0.29) is 5.91 Å². The first kappa shape index (κ1) is 22.2. The molecule has 0 radical (unpaired) electrons. The number of carbonyl (C=O) groups is 1. The number of likely N-dealkylation sites (tertiary alicyclic amines) is 1. The number of fused-ring (bicyclic) bond motifs is 2. The molecular weight excluding hydrogens is 426 g/mol. The molecule has 0 saturated carbocycles. The Kier molecular flexibility index (Phi) is 6.06. The van der Waals surface area contributed by atoms with E-state index in [2.05, 4.69) is 10.2 Å². The molecule has 1 amide bonds. The molecule has 0 unspecified atom stereocenters. The molecule has 8 nitrogen and oxygen atoms in total. The van der Waals surface area contributed by atoms with E-state index in [0.717, 1.165) is 42.0 Å². The average molecular weight is 458 g/mol. The van der Waals surface area contributed by atoms with E-state index in [1.807, 2.05) is 72.1 Å². The van der Waals surface area contributed by atoms with Crippen molar-refractivity contribution in [1.29, 1.82) is 0 Å². The molecule has 1 fully saturated rings. The Morgan fingerprint density at radius 1 is 1.00 bits per heavy atom. The van der Waals surface area contributed by atoms with Crippen molar-refractivity contribution < 1.29 is 4.79 Å². The van der Waals surface area contributed by atoms with Crippen molar-refractivity contribution in [2.45, 2.75) is 19.3 Å². The summed E-state index contributed by atoms with van der Waals surface area (Å²) in [6, 6.07) is 15.7. The van der Waals surface area contributed by atoms with Gasteiger partial charge in [-0.15, -0.1) is 0 Å². The Morgan fingerprint density at radius 2 is 1.68 bits per heavy atom. The molecule has 2 aromatic heterocycles. The fraction of sp³-hybridized carbons (Fsp3) is 0.346. The summed E-state index contributed by atoms with van der Waals surface area (Å²) in [5, 5.41) is 3.07. The number of hydrogen-bond donors (Lipinski definition) is 2. The maximum absolute atomic E-state index is 13.3. The second-order valence-corrected chi connectivity index (χ2v) is 9.05. The van der Waals surface area contributed by atoms with Gasteiger partial charge in [0.2, 0.25) is 0 Å². The van der Waals surface area contributed by atoms with Gasteiger partial charge in [-0.2, -0.15) is 0 Å². The number of para-hydroxylation sites is 2. The van der Waals surface area contributed by atoms with E-state index in [1.165, 1.54) is 19.3 Å². The van der Waals surface area contributed by atoms with Crippen LogP contribution in [0.3, 0.4) is 0 Å². The number of rotatable bonds is 6. The molecule has 0 atom stereocenters. The monoisotopic (exact) mass is 457 g/mol. The van der Waals surface area contributed by atoms with E-state index < -0.39 is 0 Å². The van der Waals surface area contributed by atoms with Crippen LogP contribution in [-0.4, -0.2) is 65.6 Å². The Morgan fingerprint density at radius 3 is 2.35 bits per heavy atom. The third-order valence-corrected chi connectivity index (χ3v) is 6.51. The molecule has 3 N–H and O–H groups in total. The Bertz CT molecular complexity index is 1320. The molecule has 1 aliphatic rings. The number of nitrogens with two attached hydrogens (primary N) is 1. The minimum atomic E-state index is -0.215. The lowest BCUT2D eigenvalue weighted by molar-refractivity contribution is 0.0949. The second kappa shape index (κ2) is 9.30. The Hall–Kier alpha value is -3.65. The molecule has 34 heavy (non-hydrogen) atoms. The zero-order valence-electron chi connectivity index (χ0n) is 19.8. The fourth-order valence-corrected chi connectivity index (χ4v) is 4.65. The average Bonchev–Trinajstić information content (AvgIpc) is 3.13. The van der Waals surface area contributed by atoms with Gasteiger partial charge in [0.15, 0.2) is 5.65 Å². The maximum Gasteiger partial charge on any atom is 0.257 e. The minimum absolute atomic E-state index is 0.215. The van der Waals surface area contributed by atoms with Gasteiger partial charge in [0.1, 0.15) is 16.9 Å². The molecular formula is C26H31N7O. The summed E-state index contributed by atoms with van der Waals surface area (Å²) in [5.41, 5.74) is 11.5. The highest BCUT2D eigenvalue weighted by atomic mass is 16.1. The molecule has 0 aliphatic carbocycles. The lowest BCUT2D eigenvalue weighted by atomic mass is 10.1. The first-order chi connectivity index (χ1) is 16.5. The van der Waals surface area contributed by atoms with Gasteiger partial charge in [0.05, 0.1) is 11.0 Å². The van der Waals surface area contributed by atoms with Crippen LogP contribution in [0.4, 0.5) is 11.5 Å². The van der Waals surface area contributed by atoms with Crippen molar-refractivity contribution in [2.75, 3.05) is 50.9 Å². The Balaban J connectivity index is 1.54. The highest BCUT2D eigenvalue weighted by Crippen LogP contribution is 2.31. The van der Waals surface area contributed by atoms with Gasteiger partial charge in [-0.25, -0.2) is 9.97 Å². The number of carbonyl (C=O) groups excluding carboxylic acids is 1. The van der Waals surface area contributed by atoms with Crippen LogP contribution in [0.1, 0.15) is 29.6 Å². The first-order valence-electron chi connectivity index (χ1n) is 11.9. The van der Waals surface area contributed by atoms with Gasteiger partial charge in [0, 0.05) is 38.6 Å². The third kappa shape index (κ3) is 4.17. The lowest BCUT2D eigenvalue weighted by Gasteiger charge is -2.26. The molecule has 1 saturated heterocycles. The molecule has 0 spiro atoms. The number of amides is 1. The largest absolute Gasteiger partial charge is 0.384 e. The van der Waals surface area contributed by atoms with Crippen molar-refractivity contribution in [3.63, 3.8) is 0 Å². The summed E-state index contributed by atoms with van der Waals surface area (Å²) in [4.78, 5) is 27.4. The summed E-state index contributed by atoms with van der Waals surface area (Å²) < 4.78 is 1.83. The van der Waals surface area contributed by atoms with E-state index in [1.54, 1.807) is 0 Å². The van der Waals surface area contributed by atoms with Crippen molar-refractivity contribution >= 4 is 39.6 Å². The lowest BCUT2D eigenvalue weighted by Crippen LogP contribution is -2.37. The zero-order valence-corrected chi connectivity index (χ0v) is 19.8. The second-order valence-electron chi connectivity index (χ2n) is 9.05. The molecule has 2 aromatic carbocycles. The van der Waals surface area contributed by atoms with Gasteiger partial charge in [-0.05, 0) is 62.3 Å². The summed E-state index contributed by atoms with van der Waals surface area (Å²) in [6.45, 7) is 3.60. The highest BCUT2D eigenvalue weighted by molar-refractivity contribution is 6.11. The van der Waals surface area contributed by atoms with Crippen molar-refractivity contribution in [2.24, 2.45) is 0 Å². The van der Waals surface area contributed by atoms with Crippen LogP contribution < -0.4 is 16.0 Å². The van der Waals surface area contributed by atoms with E-state index in [4.69, 9.17) is 15.7 Å². The van der Waals surface area contributed by atoms with E-state index in [9.17, 15) is 4.79 Å². The standard InChI is InChI=1S/C26H31N7O/c1-31(2)18-10-12-19(13-11-18)33-24(27)22(26(34)28-14-17-32-15-6-3-7-16-32)23-25(33)30-21-9-5-4-8-20(21)29-23/h4-5,8-13H,3,6-7,14-17,27H2,1-2H3,(H,28,34). The molecule has 8 heteroatoms. The Labute approximate surface area is 199 Å². The van der Waals surface area contributed by atoms with Crippen LogP contribution in [0.15, 0.2) is 48.5 Å². The number of nitrogen functional groups attached to an aromatic ring is 1. The first-order valence-corrected chi connectivity index (χ1v) is 11.9.